The van der Waals surface area contributed by atoms with Crippen molar-refractivity contribution in [2.45, 2.75) is 62.4 Å². The molecule has 0 amide bonds. The highest BCUT2D eigenvalue weighted by Crippen LogP contribution is 2.48. The van der Waals surface area contributed by atoms with E-state index in [2.05, 4.69) is 0 Å². The van der Waals surface area contributed by atoms with Gasteiger partial charge in [-0.3, -0.25) is 0 Å². The van der Waals surface area contributed by atoms with Crippen molar-refractivity contribution in [2.24, 2.45) is 0 Å². The van der Waals surface area contributed by atoms with Gasteiger partial charge >= 0.3 is 5.97 Å². The van der Waals surface area contributed by atoms with Crippen molar-refractivity contribution in [3.8, 4) is 0 Å². The van der Waals surface area contributed by atoms with E-state index in [-0.39, 0.29) is 17.7 Å². The van der Waals surface area contributed by atoms with Crippen LogP contribution in [0, 0.1) is 0 Å². The third-order valence-corrected chi connectivity index (χ3v) is 4.62. The summed E-state index contributed by atoms with van der Waals surface area (Å²) in [4.78, 5) is 12.0. The number of epoxide rings is 2. The van der Waals surface area contributed by atoms with Crippen LogP contribution in [0.5, 0.6) is 0 Å². The predicted molar refractivity (Wildman–Crippen MR) is 63.0 cm³/mol. The first-order chi connectivity index (χ1) is 8.77. The maximum absolute atomic E-state index is 12.0. The lowest BCUT2D eigenvalue weighted by Crippen LogP contribution is -2.28. The number of carbonyl (C=O) groups excluding carboxylic acids is 1. The van der Waals surface area contributed by atoms with Crippen molar-refractivity contribution in [3.63, 3.8) is 0 Å². The van der Waals surface area contributed by atoms with E-state index in [4.69, 9.17) is 14.2 Å². The van der Waals surface area contributed by atoms with Gasteiger partial charge in [-0.15, -0.1) is 0 Å². The zero-order chi connectivity index (χ0) is 12.2. The minimum Gasteiger partial charge on any atom is -0.459 e. The van der Waals surface area contributed by atoms with Crippen LogP contribution in [0.2, 0.25) is 0 Å². The van der Waals surface area contributed by atoms with Crippen LogP contribution >= 0.6 is 0 Å². The lowest BCUT2D eigenvalue weighted by Gasteiger charge is -2.17. The Morgan fingerprint density at radius 2 is 2.39 bits per heavy atom. The summed E-state index contributed by atoms with van der Waals surface area (Å²) in [6.07, 6.45) is 9.16. The lowest BCUT2D eigenvalue weighted by atomic mass is 9.90. The van der Waals surface area contributed by atoms with Gasteiger partial charge in [-0.25, -0.2) is 4.79 Å². The maximum atomic E-state index is 12.0. The number of esters is 1. The Morgan fingerprint density at radius 3 is 3.22 bits per heavy atom. The quantitative estimate of drug-likeness (QED) is 0.565. The van der Waals surface area contributed by atoms with Gasteiger partial charge in [-0.2, -0.15) is 0 Å². The number of carbonyl (C=O) groups is 1. The molecule has 1 saturated carbocycles. The molecule has 4 heteroatoms. The van der Waals surface area contributed by atoms with Gasteiger partial charge in [0.15, 0.2) is 0 Å². The highest BCUT2D eigenvalue weighted by molar-refractivity contribution is 5.89. The molecule has 0 spiro atoms. The van der Waals surface area contributed by atoms with Crippen molar-refractivity contribution in [1.29, 1.82) is 0 Å². The summed E-state index contributed by atoms with van der Waals surface area (Å²) in [5, 5.41) is 0. The second-order valence-corrected chi connectivity index (χ2v) is 5.86. The standard InChI is InChI=1S/C14H18O4/c15-13(9-4-5-10-11(7-9)17-10)16-8-14-6-2-1-3-12(14)18-14/h7,10-12H,1-6,8H2. The van der Waals surface area contributed by atoms with E-state index >= 15 is 0 Å². The van der Waals surface area contributed by atoms with Crippen molar-refractivity contribution in [2.75, 3.05) is 6.61 Å². The van der Waals surface area contributed by atoms with E-state index in [0.29, 0.717) is 18.8 Å². The monoisotopic (exact) mass is 250 g/mol. The van der Waals surface area contributed by atoms with Gasteiger partial charge in [0.1, 0.15) is 18.3 Å². The van der Waals surface area contributed by atoms with Crippen LogP contribution in [0.1, 0.15) is 38.5 Å². The van der Waals surface area contributed by atoms with Gasteiger partial charge in [0.05, 0.1) is 12.2 Å². The normalized spacial score (nSPS) is 44.4. The molecule has 0 N–H and O–H groups in total. The van der Waals surface area contributed by atoms with Crippen LogP contribution in [-0.4, -0.2) is 36.5 Å². The number of fused-ring (bicyclic) bond motifs is 2. The third kappa shape index (κ3) is 1.79. The molecule has 0 aromatic carbocycles. The van der Waals surface area contributed by atoms with Crippen LogP contribution < -0.4 is 0 Å². The second-order valence-electron chi connectivity index (χ2n) is 5.86. The van der Waals surface area contributed by atoms with Gasteiger partial charge < -0.3 is 14.2 Å². The van der Waals surface area contributed by atoms with Crippen LogP contribution in [0.15, 0.2) is 11.6 Å². The maximum Gasteiger partial charge on any atom is 0.333 e. The number of hydrogen-bond acceptors (Lipinski definition) is 4. The molecule has 0 bridgehead atoms. The predicted octanol–water partition coefficient (Wildman–Crippen LogP) is 1.73. The van der Waals surface area contributed by atoms with Crippen LogP contribution in [0.4, 0.5) is 0 Å². The van der Waals surface area contributed by atoms with Gasteiger partial charge in [0.25, 0.3) is 0 Å². The molecule has 4 unspecified atom stereocenters. The molecular formula is C14H18O4. The average molecular weight is 250 g/mol. The molecule has 4 rings (SSSR count). The van der Waals surface area contributed by atoms with Crippen molar-refractivity contribution in [3.05, 3.63) is 11.6 Å². The molecule has 2 aliphatic heterocycles. The molecule has 0 aromatic heterocycles. The molecule has 18 heavy (non-hydrogen) atoms. The number of ether oxygens (including phenoxy) is 3. The second kappa shape index (κ2) is 3.81. The van der Waals surface area contributed by atoms with Gasteiger partial charge in [0.2, 0.25) is 0 Å². The van der Waals surface area contributed by atoms with E-state index in [0.717, 1.165) is 31.3 Å². The van der Waals surface area contributed by atoms with Gasteiger partial charge in [0, 0.05) is 5.57 Å². The Morgan fingerprint density at radius 1 is 1.44 bits per heavy atom. The molecule has 4 nitrogen and oxygen atoms in total. The zero-order valence-corrected chi connectivity index (χ0v) is 10.4. The lowest BCUT2D eigenvalue weighted by molar-refractivity contribution is -0.141. The first-order valence-corrected chi connectivity index (χ1v) is 6.98. The summed E-state index contributed by atoms with van der Waals surface area (Å²) in [7, 11) is 0. The smallest absolute Gasteiger partial charge is 0.333 e. The Bertz CT molecular complexity index is 416. The molecular weight excluding hydrogens is 232 g/mol. The highest BCUT2D eigenvalue weighted by Gasteiger charge is 2.58. The number of hydrogen-bond donors (Lipinski definition) is 0. The molecule has 3 fully saturated rings. The Labute approximate surface area is 106 Å². The summed E-state index contributed by atoms with van der Waals surface area (Å²) in [6.45, 7) is 0.433. The topological polar surface area (TPSA) is 51.4 Å². The van der Waals surface area contributed by atoms with E-state index in [1.54, 1.807) is 0 Å². The van der Waals surface area contributed by atoms with Gasteiger partial charge in [-0.05, 0) is 31.8 Å². The zero-order valence-electron chi connectivity index (χ0n) is 10.4. The highest BCUT2D eigenvalue weighted by atomic mass is 16.6. The van der Waals surface area contributed by atoms with E-state index in [1.807, 2.05) is 6.08 Å². The average Bonchev–Trinajstić information content (AvgIpc) is 3.27. The van der Waals surface area contributed by atoms with Crippen molar-refractivity contribution < 1.29 is 19.0 Å². The fourth-order valence-electron chi connectivity index (χ4n) is 3.31. The molecule has 2 saturated heterocycles. The third-order valence-electron chi connectivity index (χ3n) is 4.62. The minimum absolute atomic E-state index is 0.123. The summed E-state index contributed by atoms with van der Waals surface area (Å²) < 4.78 is 16.5. The van der Waals surface area contributed by atoms with Crippen molar-refractivity contribution >= 4 is 5.97 Å². The van der Waals surface area contributed by atoms with E-state index in [1.165, 1.54) is 12.8 Å². The fraction of sp³-hybridized carbons (Fsp3) is 0.786. The minimum atomic E-state index is -0.168. The molecule has 98 valence electrons. The van der Waals surface area contributed by atoms with E-state index in [9.17, 15) is 4.79 Å². The first kappa shape index (κ1) is 11.0. The number of rotatable bonds is 3. The largest absolute Gasteiger partial charge is 0.459 e. The molecule has 0 aromatic rings. The molecule has 4 aliphatic rings. The van der Waals surface area contributed by atoms with E-state index < -0.39 is 0 Å². The summed E-state index contributed by atoms with van der Waals surface area (Å²) in [5.41, 5.74) is 0.667. The molecule has 0 radical (unpaired) electrons. The summed E-state index contributed by atoms with van der Waals surface area (Å²) in [5.74, 6) is -0.168. The van der Waals surface area contributed by atoms with Crippen LogP contribution in [0.25, 0.3) is 0 Å². The SMILES string of the molecule is O=C(OCC12CCCCC1O2)C1=CC2OC2CC1. The summed E-state index contributed by atoms with van der Waals surface area (Å²) in [6, 6.07) is 0. The first-order valence-electron chi connectivity index (χ1n) is 6.98. The Kier molecular flexibility index (Phi) is 2.33. The van der Waals surface area contributed by atoms with Gasteiger partial charge in [-0.1, -0.05) is 12.8 Å². The molecule has 4 atom stereocenters. The van der Waals surface area contributed by atoms with Crippen LogP contribution in [-0.2, 0) is 19.0 Å². The Balaban J connectivity index is 1.34. The van der Waals surface area contributed by atoms with Crippen molar-refractivity contribution in [1.82, 2.24) is 0 Å². The summed E-state index contributed by atoms with van der Waals surface area (Å²) >= 11 is 0. The van der Waals surface area contributed by atoms with Crippen LogP contribution in [0.3, 0.4) is 0 Å². The Hall–Kier alpha value is -0.870. The fourth-order valence-corrected chi connectivity index (χ4v) is 3.31. The molecule has 2 aliphatic carbocycles. The molecule has 2 heterocycles.